The second kappa shape index (κ2) is 20.6. The standard InChI is InChI=1S/C18H34O2.Pr/c1-2-3-4-5-6-7-8-9-10-11-12-13-14-15-16-17-18(19)20;/h9-10H,2-8,11-17H2,1H3,(H,19,20);/b10-9-;. The van der Waals surface area contributed by atoms with Gasteiger partial charge in [-0.3, -0.25) is 4.79 Å². The fourth-order valence-corrected chi connectivity index (χ4v) is 2.35. The van der Waals surface area contributed by atoms with Crippen LogP contribution in [0.5, 0.6) is 0 Å². The maximum atomic E-state index is 10.3. The van der Waals surface area contributed by atoms with Crippen LogP contribution in [-0.4, -0.2) is 11.1 Å². The van der Waals surface area contributed by atoms with E-state index < -0.39 is 5.97 Å². The molecule has 0 atom stereocenters. The third-order valence-electron chi connectivity index (χ3n) is 3.65. The van der Waals surface area contributed by atoms with Crippen molar-refractivity contribution in [3.63, 3.8) is 0 Å². The average Bonchev–Trinajstić information content (AvgIpc) is 2.43. The average molecular weight is 423 g/mol. The van der Waals surface area contributed by atoms with E-state index in [0.29, 0.717) is 6.42 Å². The van der Waals surface area contributed by atoms with Gasteiger partial charge < -0.3 is 5.11 Å². The van der Waals surface area contributed by atoms with Gasteiger partial charge in [0.15, 0.2) is 0 Å². The van der Waals surface area contributed by atoms with Gasteiger partial charge in [-0.1, -0.05) is 70.4 Å². The minimum Gasteiger partial charge on any atom is -0.481 e. The quantitative estimate of drug-likeness (QED) is 0.255. The molecule has 0 spiro atoms. The van der Waals surface area contributed by atoms with Crippen molar-refractivity contribution in [2.75, 3.05) is 0 Å². The van der Waals surface area contributed by atoms with Crippen LogP contribution in [0.1, 0.15) is 96.8 Å². The molecule has 1 N–H and O–H groups in total. The van der Waals surface area contributed by atoms with Gasteiger partial charge in [-0.25, -0.2) is 0 Å². The zero-order valence-corrected chi connectivity index (χ0v) is 17.7. The summed E-state index contributed by atoms with van der Waals surface area (Å²) in [5.74, 6) is -0.664. The summed E-state index contributed by atoms with van der Waals surface area (Å²) in [6.07, 6.45) is 21.2. The molecule has 0 aliphatic carbocycles. The monoisotopic (exact) mass is 423 g/mol. The molecule has 0 saturated heterocycles. The molecule has 0 heterocycles. The van der Waals surface area contributed by atoms with Crippen LogP contribution in [0.15, 0.2) is 12.2 Å². The number of unbranched alkanes of at least 4 members (excludes halogenated alkanes) is 11. The molecule has 0 rings (SSSR count). The minimum absolute atomic E-state index is 0. The Kier molecular flexibility index (Phi) is 23.4. The van der Waals surface area contributed by atoms with Gasteiger partial charge in [0.1, 0.15) is 0 Å². The third-order valence-corrected chi connectivity index (χ3v) is 3.65. The number of allylic oxidation sites excluding steroid dienone is 2. The zero-order valence-electron chi connectivity index (χ0n) is 14.0. The number of hydrogen-bond acceptors (Lipinski definition) is 1. The molecule has 0 amide bonds. The van der Waals surface area contributed by atoms with Gasteiger partial charge in [-0.05, 0) is 32.1 Å². The van der Waals surface area contributed by atoms with Crippen molar-refractivity contribution < 1.29 is 51.2 Å². The Morgan fingerprint density at radius 3 is 1.67 bits per heavy atom. The van der Waals surface area contributed by atoms with E-state index in [2.05, 4.69) is 19.1 Å². The Morgan fingerprint density at radius 2 is 1.19 bits per heavy atom. The summed E-state index contributed by atoms with van der Waals surface area (Å²) >= 11 is 0. The smallest absolute Gasteiger partial charge is 0.303 e. The van der Waals surface area contributed by atoms with Crippen LogP contribution < -0.4 is 0 Å². The molecule has 0 saturated carbocycles. The van der Waals surface area contributed by atoms with E-state index in [4.69, 9.17) is 5.11 Å². The first-order chi connectivity index (χ1) is 9.77. The fourth-order valence-electron chi connectivity index (χ4n) is 2.35. The van der Waals surface area contributed by atoms with Crippen molar-refractivity contribution in [3.05, 3.63) is 12.2 Å². The van der Waals surface area contributed by atoms with E-state index in [9.17, 15) is 4.79 Å². The van der Waals surface area contributed by atoms with Crippen molar-refractivity contribution in [1.29, 1.82) is 0 Å². The van der Waals surface area contributed by atoms with Gasteiger partial charge in [0.2, 0.25) is 0 Å². The first-order valence-electron chi connectivity index (χ1n) is 8.64. The van der Waals surface area contributed by atoms with Gasteiger partial charge in [0.25, 0.3) is 0 Å². The molecule has 0 bridgehead atoms. The van der Waals surface area contributed by atoms with E-state index in [0.717, 1.165) is 12.8 Å². The Morgan fingerprint density at radius 1 is 0.762 bits per heavy atom. The molecule has 2 nitrogen and oxygen atoms in total. The normalized spacial score (nSPS) is 10.7. The summed E-state index contributed by atoms with van der Waals surface area (Å²) in [5, 5.41) is 8.51. The molecule has 0 aliphatic heterocycles. The Hall–Kier alpha value is 0.574. The number of hydrogen-bond donors (Lipinski definition) is 1. The van der Waals surface area contributed by atoms with E-state index in [-0.39, 0.29) is 41.3 Å². The van der Waals surface area contributed by atoms with Gasteiger partial charge in [-0.15, -0.1) is 0 Å². The Bertz CT molecular complexity index is 239. The predicted molar refractivity (Wildman–Crippen MR) is 87.1 cm³/mol. The van der Waals surface area contributed by atoms with Crippen molar-refractivity contribution in [2.45, 2.75) is 96.8 Å². The molecule has 121 valence electrons. The number of carboxylic acid groups (broad SMARTS) is 1. The minimum atomic E-state index is -0.664. The van der Waals surface area contributed by atoms with Gasteiger partial charge in [0.05, 0.1) is 0 Å². The molecular formula is C18H34O2Pr. The van der Waals surface area contributed by atoms with Crippen molar-refractivity contribution in [1.82, 2.24) is 0 Å². The van der Waals surface area contributed by atoms with Crippen LogP contribution in [-0.2, 0) is 4.79 Å². The molecule has 0 aromatic carbocycles. The number of carboxylic acids is 1. The number of carbonyl (C=O) groups is 1. The molecule has 0 aliphatic rings. The first kappa shape index (κ1) is 23.8. The summed E-state index contributed by atoms with van der Waals surface area (Å²) in [4.78, 5) is 10.3. The Balaban J connectivity index is 0. The summed E-state index contributed by atoms with van der Waals surface area (Å²) in [5.41, 5.74) is 0. The van der Waals surface area contributed by atoms with Crippen molar-refractivity contribution in [3.8, 4) is 0 Å². The maximum Gasteiger partial charge on any atom is 0.303 e. The van der Waals surface area contributed by atoms with E-state index >= 15 is 0 Å². The van der Waals surface area contributed by atoms with Crippen LogP contribution in [0.3, 0.4) is 0 Å². The second-order valence-electron chi connectivity index (χ2n) is 5.73. The molecule has 1 radical (unpaired) electrons. The molecule has 21 heavy (non-hydrogen) atoms. The van der Waals surface area contributed by atoms with Crippen molar-refractivity contribution in [2.24, 2.45) is 0 Å². The third kappa shape index (κ3) is 23.0. The summed E-state index contributed by atoms with van der Waals surface area (Å²) in [7, 11) is 0. The summed E-state index contributed by atoms with van der Waals surface area (Å²) < 4.78 is 0. The molecule has 3 heteroatoms. The van der Waals surface area contributed by atoms with E-state index in [1.807, 2.05) is 0 Å². The van der Waals surface area contributed by atoms with Crippen LogP contribution in [0.4, 0.5) is 0 Å². The largest absolute Gasteiger partial charge is 0.481 e. The summed E-state index contributed by atoms with van der Waals surface area (Å²) in [6, 6.07) is 0. The molecule has 0 aromatic heterocycles. The van der Waals surface area contributed by atoms with Gasteiger partial charge in [-0.2, -0.15) is 0 Å². The second-order valence-corrected chi connectivity index (χ2v) is 5.73. The van der Waals surface area contributed by atoms with Crippen LogP contribution >= 0.6 is 0 Å². The molecular weight excluding hydrogens is 389 g/mol. The van der Waals surface area contributed by atoms with Crippen LogP contribution in [0.2, 0.25) is 0 Å². The van der Waals surface area contributed by atoms with Crippen LogP contribution in [0, 0.1) is 41.3 Å². The SMILES string of the molecule is CCCCCCCC/C=C\CCCCCCCC(=O)O.[Pr]. The maximum absolute atomic E-state index is 10.3. The van der Waals surface area contributed by atoms with E-state index in [1.54, 1.807) is 0 Å². The van der Waals surface area contributed by atoms with E-state index in [1.165, 1.54) is 70.6 Å². The molecule has 0 fully saturated rings. The first-order valence-corrected chi connectivity index (χ1v) is 8.64. The molecule has 0 unspecified atom stereocenters. The van der Waals surface area contributed by atoms with Gasteiger partial charge >= 0.3 is 5.97 Å². The van der Waals surface area contributed by atoms with Gasteiger partial charge in [0, 0.05) is 47.7 Å². The Labute approximate surface area is 165 Å². The number of rotatable bonds is 15. The predicted octanol–water partition coefficient (Wildman–Crippen LogP) is 6.11. The molecule has 0 aromatic rings. The van der Waals surface area contributed by atoms with Crippen LogP contribution in [0.25, 0.3) is 0 Å². The topological polar surface area (TPSA) is 37.3 Å². The number of aliphatic carboxylic acids is 1. The fraction of sp³-hybridized carbons (Fsp3) is 0.833. The van der Waals surface area contributed by atoms with Crippen molar-refractivity contribution >= 4 is 5.97 Å². The summed E-state index contributed by atoms with van der Waals surface area (Å²) in [6.45, 7) is 2.26. The zero-order chi connectivity index (χ0) is 14.9.